The normalized spacial score (nSPS) is 33.2. The lowest BCUT2D eigenvalue weighted by molar-refractivity contribution is -0.180. The monoisotopic (exact) mass is 213 g/mol. The summed E-state index contributed by atoms with van der Waals surface area (Å²) < 4.78 is 35.9. The molecule has 1 amide bonds. The lowest BCUT2D eigenvalue weighted by Gasteiger charge is -2.20. The van der Waals surface area contributed by atoms with E-state index in [1.54, 1.807) is 0 Å². The Morgan fingerprint density at radius 3 is 2.50 bits per heavy atom. The van der Waals surface area contributed by atoms with Gasteiger partial charge in [0.2, 0.25) is 0 Å². The molecule has 7 heteroatoms. The molecular weight excluding hydrogens is 203 g/mol. The molecule has 82 valence electrons. The van der Waals surface area contributed by atoms with E-state index < -0.39 is 43.2 Å². The van der Waals surface area contributed by atoms with E-state index in [0.717, 1.165) is 0 Å². The second-order valence-electron chi connectivity index (χ2n) is 3.38. The first-order chi connectivity index (χ1) is 6.27. The van der Waals surface area contributed by atoms with Crippen molar-refractivity contribution in [3.05, 3.63) is 0 Å². The van der Waals surface area contributed by atoms with Crippen molar-refractivity contribution in [1.29, 1.82) is 0 Å². The van der Waals surface area contributed by atoms with Gasteiger partial charge in [-0.1, -0.05) is 0 Å². The average Bonchev–Trinajstić information content (AvgIpc) is 2.24. The van der Waals surface area contributed by atoms with Gasteiger partial charge in [0.25, 0.3) is 5.91 Å². The standard InChI is InChI=1S/C7H10F3NO3/c8-7(9,10)3-6(14)1-4(2-12)11-5(6)13/h4,12,14H,1-3H2,(H,11,13)/t4-,6+/m0/s1. The predicted molar refractivity (Wildman–Crippen MR) is 39.3 cm³/mol. The number of amides is 1. The topological polar surface area (TPSA) is 69.6 Å². The van der Waals surface area contributed by atoms with E-state index in [1.165, 1.54) is 0 Å². The van der Waals surface area contributed by atoms with Crippen molar-refractivity contribution in [2.75, 3.05) is 6.61 Å². The van der Waals surface area contributed by atoms with Crippen molar-refractivity contribution in [3.8, 4) is 0 Å². The summed E-state index contributed by atoms with van der Waals surface area (Å²) >= 11 is 0. The molecule has 2 atom stereocenters. The maximum atomic E-state index is 12.0. The maximum absolute atomic E-state index is 12.0. The zero-order chi connectivity index (χ0) is 11.0. The Bertz CT molecular complexity index is 243. The van der Waals surface area contributed by atoms with Crippen molar-refractivity contribution in [3.63, 3.8) is 0 Å². The van der Waals surface area contributed by atoms with E-state index in [2.05, 4.69) is 5.32 Å². The SMILES string of the molecule is O=C1N[C@H](CO)C[C@@]1(O)CC(F)(F)F. The van der Waals surface area contributed by atoms with Gasteiger partial charge in [-0.15, -0.1) is 0 Å². The summed E-state index contributed by atoms with van der Waals surface area (Å²) in [5, 5.41) is 20.0. The molecule has 0 unspecified atom stereocenters. The molecule has 0 bridgehead atoms. The summed E-state index contributed by atoms with van der Waals surface area (Å²) in [5.74, 6) is -1.08. The van der Waals surface area contributed by atoms with Crippen LogP contribution in [0.15, 0.2) is 0 Å². The number of rotatable bonds is 2. The molecule has 1 aliphatic heterocycles. The quantitative estimate of drug-likeness (QED) is 0.582. The highest BCUT2D eigenvalue weighted by molar-refractivity contribution is 5.87. The molecule has 0 aliphatic carbocycles. The number of halogens is 3. The van der Waals surface area contributed by atoms with Gasteiger partial charge in [0.15, 0.2) is 5.60 Å². The molecule has 1 aliphatic rings. The van der Waals surface area contributed by atoms with Gasteiger partial charge in [0, 0.05) is 6.42 Å². The second-order valence-corrected chi connectivity index (χ2v) is 3.38. The first kappa shape index (κ1) is 11.3. The smallest absolute Gasteiger partial charge is 0.392 e. The molecule has 0 aromatic rings. The van der Waals surface area contributed by atoms with Crippen LogP contribution in [0.3, 0.4) is 0 Å². The molecule has 1 rings (SSSR count). The first-order valence-corrected chi connectivity index (χ1v) is 3.98. The molecule has 14 heavy (non-hydrogen) atoms. The van der Waals surface area contributed by atoms with Crippen LogP contribution >= 0.6 is 0 Å². The molecule has 1 fully saturated rings. The van der Waals surface area contributed by atoms with Crippen molar-refractivity contribution in [2.45, 2.75) is 30.7 Å². The predicted octanol–water partition coefficient (Wildman–Crippen LogP) is -0.449. The molecule has 0 aromatic heterocycles. The van der Waals surface area contributed by atoms with Crippen LogP contribution in [0.2, 0.25) is 0 Å². The molecule has 1 saturated heterocycles. The zero-order valence-electron chi connectivity index (χ0n) is 7.14. The minimum Gasteiger partial charge on any atom is -0.394 e. The average molecular weight is 213 g/mol. The van der Waals surface area contributed by atoms with Gasteiger partial charge in [-0.25, -0.2) is 0 Å². The van der Waals surface area contributed by atoms with E-state index in [0.29, 0.717) is 0 Å². The Hall–Kier alpha value is -0.820. The number of nitrogens with one attached hydrogen (secondary N) is 1. The number of carbonyl (C=O) groups is 1. The van der Waals surface area contributed by atoms with E-state index in [-0.39, 0.29) is 0 Å². The van der Waals surface area contributed by atoms with Crippen LogP contribution in [0.25, 0.3) is 0 Å². The Morgan fingerprint density at radius 2 is 2.14 bits per heavy atom. The van der Waals surface area contributed by atoms with E-state index in [9.17, 15) is 23.1 Å². The minimum absolute atomic E-state index is 0.415. The lowest BCUT2D eigenvalue weighted by Crippen LogP contribution is -2.41. The molecule has 0 radical (unpaired) electrons. The third-order valence-corrected chi connectivity index (χ3v) is 2.06. The van der Waals surface area contributed by atoms with Gasteiger partial charge in [0.1, 0.15) is 0 Å². The number of aliphatic hydroxyl groups is 2. The van der Waals surface area contributed by atoms with Crippen LogP contribution in [0.1, 0.15) is 12.8 Å². The molecule has 1 heterocycles. The van der Waals surface area contributed by atoms with Gasteiger partial charge in [0.05, 0.1) is 19.1 Å². The van der Waals surface area contributed by atoms with Crippen LogP contribution in [0.5, 0.6) is 0 Å². The summed E-state index contributed by atoms with van der Waals surface area (Å²) in [6, 6.07) is -0.796. The Labute approximate surface area is 77.7 Å². The van der Waals surface area contributed by atoms with Gasteiger partial charge >= 0.3 is 6.18 Å². The van der Waals surface area contributed by atoms with E-state index >= 15 is 0 Å². The Balaban J connectivity index is 2.70. The van der Waals surface area contributed by atoms with Crippen molar-refractivity contribution in [1.82, 2.24) is 5.32 Å². The lowest BCUT2D eigenvalue weighted by atomic mass is 9.95. The van der Waals surface area contributed by atoms with E-state index in [4.69, 9.17) is 5.11 Å². The number of carbonyl (C=O) groups excluding carboxylic acids is 1. The van der Waals surface area contributed by atoms with E-state index in [1.807, 2.05) is 0 Å². The van der Waals surface area contributed by atoms with Crippen molar-refractivity contribution < 1.29 is 28.2 Å². The van der Waals surface area contributed by atoms with Crippen LogP contribution in [0, 0.1) is 0 Å². The molecular formula is C7H10F3NO3. The maximum Gasteiger partial charge on any atom is 0.392 e. The molecule has 0 aromatic carbocycles. The Morgan fingerprint density at radius 1 is 1.57 bits per heavy atom. The number of aliphatic hydroxyl groups excluding tert-OH is 1. The number of alkyl halides is 3. The van der Waals surface area contributed by atoms with Crippen molar-refractivity contribution in [2.24, 2.45) is 0 Å². The molecule has 3 N–H and O–H groups in total. The fourth-order valence-electron chi connectivity index (χ4n) is 1.47. The summed E-state index contributed by atoms with van der Waals surface area (Å²) in [6.45, 7) is -0.480. The summed E-state index contributed by atoms with van der Waals surface area (Å²) in [4.78, 5) is 11.0. The van der Waals surface area contributed by atoms with Gasteiger partial charge < -0.3 is 15.5 Å². The van der Waals surface area contributed by atoms with Crippen molar-refractivity contribution >= 4 is 5.91 Å². The highest BCUT2D eigenvalue weighted by Crippen LogP contribution is 2.33. The van der Waals surface area contributed by atoms with Gasteiger partial charge in [-0.2, -0.15) is 13.2 Å². The molecule has 0 saturated carbocycles. The summed E-state index contributed by atoms with van der Waals surface area (Å²) in [5.41, 5.74) is -2.42. The van der Waals surface area contributed by atoms with Crippen LogP contribution in [0.4, 0.5) is 13.2 Å². The molecule has 0 spiro atoms. The summed E-state index contributed by atoms with van der Waals surface area (Å²) in [7, 11) is 0. The third-order valence-electron chi connectivity index (χ3n) is 2.06. The third kappa shape index (κ3) is 2.36. The summed E-state index contributed by atoms with van der Waals surface area (Å²) in [6.07, 6.45) is -6.60. The van der Waals surface area contributed by atoms with Crippen LogP contribution < -0.4 is 5.32 Å². The first-order valence-electron chi connectivity index (χ1n) is 3.98. The zero-order valence-corrected chi connectivity index (χ0v) is 7.14. The van der Waals surface area contributed by atoms with Gasteiger partial charge in [-0.05, 0) is 0 Å². The largest absolute Gasteiger partial charge is 0.394 e. The number of hydrogen-bond acceptors (Lipinski definition) is 3. The second kappa shape index (κ2) is 3.39. The van der Waals surface area contributed by atoms with Gasteiger partial charge in [-0.3, -0.25) is 4.79 Å². The fraction of sp³-hybridized carbons (Fsp3) is 0.857. The number of hydrogen-bond donors (Lipinski definition) is 3. The molecule has 4 nitrogen and oxygen atoms in total. The Kier molecular flexibility index (Phi) is 2.73. The fourth-order valence-corrected chi connectivity index (χ4v) is 1.47. The minimum atomic E-state index is -4.60. The highest BCUT2D eigenvalue weighted by atomic mass is 19.4. The van der Waals surface area contributed by atoms with Crippen LogP contribution in [-0.4, -0.2) is 40.5 Å². The highest BCUT2D eigenvalue weighted by Gasteiger charge is 2.51. The van der Waals surface area contributed by atoms with Crippen LogP contribution in [-0.2, 0) is 4.79 Å².